The highest BCUT2D eigenvalue weighted by Gasteiger charge is 2.38. The van der Waals surface area contributed by atoms with E-state index in [2.05, 4.69) is 12.1 Å². The van der Waals surface area contributed by atoms with Crippen molar-refractivity contribution in [3.8, 4) is 0 Å². The topological polar surface area (TPSA) is 26.0 Å². The Bertz CT molecular complexity index is 421. The second kappa shape index (κ2) is 3.75. The van der Waals surface area contributed by atoms with Gasteiger partial charge >= 0.3 is 0 Å². The molecule has 0 bridgehead atoms. The molecule has 2 aliphatic rings. The Balaban J connectivity index is 1.92. The first kappa shape index (κ1) is 10.6. The van der Waals surface area contributed by atoms with Gasteiger partial charge in [0.15, 0.2) is 0 Å². The lowest BCUT2D eigenvalue weighted by atomic mass is 9.89. The second-order valence-electron chi connectivity index (χ2n) is 5.46. The molecule has 0 saturated heterocycles. The van der Waals surface area contributed by atoms with Crippen molar-refractivity contribution >= 4 is 11.6 Å². The summed E-state index contributed by atoms with van der Waals surface area (Å²) >= 11 is 6.36. The van der Waals surface area contributed by atoms with Crippen LogP contribution in [0, 0.1) is 0 Å². The lowest BCUT2D eigenvalue weighted by Crippen LogP contribution is -2.24. The first-order chi connectivity index (χ1) is 7.66. The highest BCUT2D eigenvalue weighted by atomic mass is 35.5. The van der Waals surface area contributed by atoms with Crippen molar-refractivity contribution in [1.82, 2.24) is 0 Å². The molecule has 3 rings (SSSR count). The average molecular weight is 236 g/mol. The molecule has 0 spiro atoms. The molecule has 0 radical (unpaired) electrons. The second-order valence-corrected chi connectivity index (χ2v) is 5.87. The number of hydrogen-bond acceptors (Lipinski definition) is 1. The summed E-state index contributed by atoms with van der Waals surface area (Å²) in [5, 5.41) is 0.969. The Hall–Kier alpha value is -0.530. The fraction of sp³-hybridized carbons (Fsp3) is 0.571. The van der Waals surface area contributed by atoms with Crippen molar-refractivity contribution in [2.24, 2.45) is 5.73 Å². The van der Waals surface area contributed by atoms with Crippen LogP contribution in [-0.4, -0.2) is 5.54 Å². The van der Waals surface area contributed by atoms with E-state index in [0.717, 1.165) is 17.9 Å². The molecule has 1 aromatic rings. The molecule has 0 atom stereocenters. The Labute approximate surface area is 102 Å². The standard InChI is InChI=1S/C14H18ClN/c15-13-8-10(9-14(16)5-6-14)7-11-3-1-2-4-12(11)13/h7-8H,1-6,9,16H2. The maximum atomic E-state index is 6.36. The van der Waals surface area contributed by atoms with Gasteiger partial charge in [0.25, 0.3) is 0 Å². The van der Waals surface area contributed by atoms with E-state index in [1.807, 2.05) is 0 Å². The summed E-state index contributed by atoms with van der Waals surface area (Å²) in [4.78, 5) is 0. The predicted molar refractivity (Wildman–Crippen MR) is 68.0 cm³/mol. The van der Waals surface area contributed by atoms with Gasteiger partial charge in [-0.25, -0.2) is 0 Å². The third-order valence-electron chi connectivity index (χ3n) is 3.92. The third-order valence-corrected chi connectivity index (χ3v) is 4.26. The zero-order valence-corrected chi connectivity index (χ0v) is 10.3. The number of fused-ring (bicyclic) bond motifs is 1. The van der Waals surface area contributed by atoms with Gasteiger partial charge in [0.05, 0.1) is 0 Å². The van der Waals surface area contributed by atoms with Crippen molar-refractivity contribution in [3.05, 3.63) is 33.8 Å². The predicted octanol–water partition coefficient (Wildman–Crippen LogP) is 3.25. The van der Waals surface area contributed by atoms with Crippen molar-refractivity contribution < 1.29 is 0 Å². The van der Waals surface area contributed by atoms with E-state index in [9.17, 15) is 0 Å². The van der Waals surface area contributed by atoms with Gasteiger partial charge in [-0.3, -0.25) is 0 Å². The van der Waals surface area contributed by atoms with Gasteiger partial charge in [-0.1, -0.05) is 17.7 Å². The first-order valence-corrected chi connectivity index (χ1v) is 6.63. The minimum absolute atomic E-state index is 0.0895. The van der Waals surface area contributed by atoms with Crippen LogP contribution in [0.1, 0.15) is 42.4 Å². The molecule has 1 aromatic carbocycles. The highest BCUT2D eigenvalue weighted by Crippen LogP contribution is 2.37. The van der Waals surface area contributed by atoms with Crippen LogP contribution in [0.4, 0.5) is 0 Å². The lowest BCUT2D eigenvalue weighted by Gasteiger charge is -2.19. The van der Waals surface area contributed by atoms with Gasteiger partial charge in [-0.15, -0.1) is 0 Å². The molecular formula is C14H18ClN. The monoisotopic (exact) mass is 235 g/mol. The fourth-order valence-corrected chi connectivity index (χ4v) is 3.08. The minimum Gasteiger partial charge on any atom is -0.325 e. The van der Waals surface area contributed by atoms with Crippen LogP contribution in [0.25, 0.3) is 0 Å². The molecule has 86 valence electrons. The van der Waals surface area contributed by atoms with Crippen LogP contribution < -0.4 is 5.73 Å². The number of rotatable bonds is 2. The van der Waals surface area contributed by atoms with Crippen molar-refractivity contribution in [3.63, 3.8) is 0 Å². The van der Waals surface area contributed by atoms with Crippen LogP contribution in [0.2, 0.25) is 5.02 Å². The zero-order valence-electron chi connectivity index (χ0n) is 9.56. The van der Waals surface area contributed by atoms with E-state index >= 15 is 0 Å². The summed E-state index contributed by atoms with van der Waals surface area (Å²) in [7, 11) is 0. The van der Waals surface area contributed by atoms with Crippen molar-refractivity contribution in [2.75, 3.05) is 0 Å². The smallest absolute Gasteiger partial charge is 0.0443 e. The van der Waals surface area contributed by atoms with E-state index < -0.39 is 0 Å². The Kier molecular flexibility index (Phi) is 2.49. The molecular weight excluding hydrogens is 218 g/mol. The Morgan fingerprint density at radius 1 is 1.19 bits per heavy atom. The third kappa shape index (κ3) is 1.99. The summed E-state index contributed by atoms with van der Waals surface area (Å²) in [5.74, 6) is 0. The molecule has 1 nitrogen and oxygen atoms in total. The zero-order chi connectivity index (χ0) is 11.2. The molecule has 0 aromatic heterocycles. The van der Waals surface area contributed by atoms with Crippen molar-refractivity contribution in [2.45, 2.75) is 50.5 Å². The molecule has 16 heavy (non-hydrogen) atoms. The van der Waals surface area contributed by atoms with Crippen molar-refractivity contribution in [1.29, 1.82) is 0 Å². The number of aryl methyl sites for hydroxylation is 1. The molecule has 1 saturated carbocycles. The van der Waals surface area contributed by atoms with Gasteiger partial charge in [0.2, 0.25) is 0 Å². The van der Waals surface area contributed by atoms with Gasteiger partial charge in [-0.05, 0) is 67.7 Å². The van der Waals surface area contributed by atoms with E-state index in [1.165, 1.54) is 48.8 Å². The molecule has 2 N–H and O–H groups in total. The molecule has 0 heterocycles. The maximum absolute atomic E-state index is 6.36. The Morgan fingerprint density at radius 2 is 1.94 bits per heavy atom. The van der Waals surface area contributed by atoms with Gasteiger partial charge in [0.1, 0.15) is 0 Å². The quantitative estimate of drug-likeness (QED) is 0.837. The number of hydrogen-bond donors (Lipinski definition) is 1. The largest absolute Gasteiger partial charge is 0.325 e. The average Bonchev–Trinajstić information content (AvgIpc) is 2.96. The van der Waals surface area contributed by atoms with Crippen LogP contribution in [0.3, 0.4) is 0 Å². The summed E-state index contributed by atoms with van der Waals surface area (Å²) in [6.45, 7) is 0. The van der Waals surface area contributed by atoms with E-state index in [4.69, 9.17) is 17.3 Å². The van der Waals surface area contributed by atoms with Crippen LogP contribution >= 0.6 is 11.6 Å². The minimum atomic E-state index is 0.0895. The van der Waals surface area contributed by atoms with Gasteiger partial charge in [-0.2, -0.15) is 0 Å². The number of benzene rings is 1. The SMILES string of the molecule is NC1(Cc2cc(Cl)c3c(c2)CCCC3)CC1. The normalized spacial score (nSPS) is 21.6. The molecule has 0 aliphatic heterocycles. The molecule has 0 amide bonds. The van der Waals surface area contributed by atoms with Gasteiger partial charge < -0.3 is 5.73 Å². The van der Waals surface area contributed by atoms with E-state index in [1.54, 1.807) is 0 Å². The molecule has 2 aliphatic carbocycles. The van der Waals surface area contributed by atoms with Crippen LogP contribution in [-0.2, 0) is 19.3 Å². The van der Waals surface area contributed by atoms with E-state index in [-0.39, 0.29) is 5.54 Å². The summed E-state index contributed by atoms with van der Waals surface area (Å²) in [6.07, 6.45) is 8.28. The lowest BCUT2D eigenvalue weighted by molar-refractivity contribution is 0.661. The molecule has 1 fully saturated rings. The summed E-state index contributed by atoms with van der Waals surface area (Å²) in [5.41, 5.74) is 10.4. The van der Waals surface area contributed by atoms with Gasteiger partial charge in [0, 0.05) is 10.6 Å². The maximum Gasteiger partial charge on any atom is 0.0443 e. The molecule has 0 unspecified atom stereocenters. The highest BCUT2D eigenvalue weighted by molar-refractivity contribution is 6.31. The summed E-state index contributed by atoms with van der Waals surface area (Å²) < 4.78 is 0. The Morgan fingerprint density at radius 3 is 2.69 bits per heavy atom. The van der Waals surface area contributed by atoms with Crippen LogP contribution in [0.15, 0.2) is 12.1 Å². The van der Waals surface area contributed by atoms with E-state index in [0.29, 0.717) is 0 Å². The number of halogens is 1. The van der Waals surface area contributed by atoms with Crippen LogP contribution in [0.5, 0.6) is 0 Å². The molecule has 2 heteroatoms. The first-order valence-electron chi connectivity index (χ1n) is 6.25. The fourth-order valence-electron chi connectivity index (χ4n) is 2.72. The summed E-state index contributed by atoms with van der Waals surface area (Å²) in [6, 6.07) is 4.48. The number of nitrogens with two attached hydrogens (primary N) is 1.